The number of rotatable bonds is 8. The highest BCUT2D eigenvalue weighted by atomic mass is 16.5. The third kappa shape index (κ3) is 5.67. The first-order valence-electron chi connectivity index (χ1n) is 11.3. The molecule has 0 spiro atoms. The molecule has 0 unspecified atom stereocenters. The molecule has 2 aliphatic heterocycles. The Morgan fingerprint density at radius 2 is 2.03 bits per heavy atom. The number of β-amino-alcohol motifs (C(OH)–C–C–N with tert-alkyl or cyclic N) is 1. The van der Waals surface area contributed by atoms with Crippen LogP contribution in [-0.4, -0.2) is 64.2 Å². The van der Waals surface area contributed by atoms with Gasteiger partial charge in [0.2, 0.25) is 0 Å². The van der Waals surface area contributed by atoms with Gasteiger partial charge in [0.25, 0.3) is 0 Å². The van der Waals surface area contributed by atoms with Gasteiger partial charge in [-0.2, -0.15) is 0 Å². The number of Topliss-reactive ketones (excluding diaryl/α,β-unsaturated/α-hetero) is 1. The minimum absolute atomic E-state index is 0.0435. The molecule has 0 radical (unpaired) electrons. The zero-order valence-electron chi connectivity index (χ0n) is 18.2. The molecule has 0 saturated carbocycles. The maximum atomic E-state index is 12.8. The molecule has 31 heavy (non-hydrogen) atoms. The number of carbonyl (C=O) groups is 1. The van der Waals surface area contributed by atoms with Crippen LogP contribution in [-0.2, 0) is 17.7 Å². The summed E-state index contributed by atoms with van der Waals surface area (Å²) in [5.74, 6) is 0.677. The van der Waals surface area contributed by atoms with Gasteiger partial charge in [-0.1, -0.05) is 24.3 Å². The molecule has 2 aliphatic rings. The van der Waals surface area contributed by atoms with Crippen molar-refractivity contribution in [1.29, 1.82) is 0 Å². The van der Waals surface area contributed by atoms with Gasteiger partial charge >= 0.3 is 0 Å². The number of nitrogens with zero attached hydrogens (tertiary/aromatic N) is 3. The van der Waals surface area contributed by atoms with Crippen LogP contribution in [0.2, 0.25) is 0 Å². The summed E-state index contributed by atoms with van der Waals surface area (Å²) in [4.78, 5) is 23.6. The second-order valence-corrected chi connectivity index (χ2v) is 8.60. The summed E-state index contributed by atoms with van der Waals surface area (Å²) in [6.45, 7) is 5.75. The number of fused-ring (bicyclic) bond motifs is 1. The third-order valence-electron chi connectivity index (χ3n) is 6.29. The number of ether oxygens (including phenoxy) is 1. The first-order chi connectivity index (χ1) is 15.1. The smallest absolute Gasteiger partial charge is 0.181 e. The van der Waals surface area contributed by atoms with E-state index in [1.807, 2.05) is 6.92 Å². The fourth-order valence-corrected chi connectivity index (χ4v) is 4.43. The minimum atomic E-state index is -0.531. The SMILES string of the molecule is Cc1c(NC2CCOCC2)ncnc1C(=O)CC[C@H](O)CN1CCc2ccccc2C1. The molecule has 0 bridgehead atoms. The Morgan fingerprint density at radius 3 is 2.84 bits per heavy atom. The normalized spacial score (nSPS) is 18.4. The summed E-state index contributed by atoms with van der Waals surface area (Å²) in [6, 6.07) is 8.78. The summed E-state index contributed by atoms with van der Waals surface area (Å²) < 4.78 is 5.40. The first kappa shape index (κ1) is 21.9. The second kappa shape index (κ2) is 10.3. The van der Waals surface area contributed by atoms with E-state index in [0.29, 0.717) is 24.7 Å². The van der Waals surface area contributed by atoms with E-state index in [1.165, 1.54) is 17.5 Å². The lowest BCUT2D eigenvalue weighted by molar-refractivity contribution is 0.0833. The van der Waals surface area contributed by atoms with Crippen molar-refractivity contribution in [2.45, 2.75) is 57.7 Å². The number of aliphatic hydroxyl groups excluding tert-OH is 1. The van der Waals surface area contributed by atoms with Crippen LogP contribution in [0.1, 0.15) is 52.9 Å². The van der Waals surface area contributed by atoms with Gasteiger partial charge in [0.1, 0.15) is 17.8 Å². The van der Waals surface area contributed by atoms with Crippen molar-refractivity contribution >= 4 is 11.6 Å². The van der Waals surface area contributed by atoms with E-state index < -0.39 is 6.10 Å². The summed E-state index contributed by atoms with van der Waals surface area (Å²) in [6.07, 6.45) is 4.49. The number of aromatic nitrogens is 2. The van der Waals surface area contributed by atoms with E-state index >= 15 is 0 Å². The van der Waals surface area contributed by atoms with E-state index in [9.17, 15) is 9.90 Å². The number of hydrogen-bond donors (Lipinski definition) is 2. The van der Waals surface area contributed by atoms with Gasteiger partial charge in [-0.25, -0.2) is 9.97 Å². The Labute approximate surface area is 183 Å². The predicted octanol–water partition coefficient (Wildman–Crippen LogP) is 2.76. The van der Waals surface area contributed by atoms with Gasteiger partial charge < -0.3 is 15.2 Å². The molecular weight excluding hydrogens is 392 g/mol. The highest BCUT2D eigenvalue weighted by Gasteiger charge is 2.21. The summed E-state index contributed by atoms with van der Waals surface area (Å²) in [5, 5.41) is 14.0. The molecule has 7 nitrogen and oxygen atoms in total. The molecule has 1 atom stereocenters. The Morgan fingerprint density at radius 1 is 1.26 bits per heavy atom. The van der Waals surface area contributed by atoms with Crippen LogP contribution in [0.25, 0.3) is 0 Å². The van der Waals surface area contributed by atoms with Gasteiger partial charge in [-0.15, -0.1) is 0 Å². The van der Waals surface area contributed by atoms with Gasteiger partial charge in [0.15, 0.2) is 5.78 Å². The molecule has 0 amide bonds. The van der Waals surface area contributed by atoms with Crippen molar-refractivity contribution < 1.29 is 14.6 Å². The average molecular weight is 425 g/mol. The number of anilines is 1. The van der Waals surface area contributed by atoms with Crippen LogP contribution in [0.15, 0.2) is 30.6 Å². The number of hydrogen-bond acceptors (Lipinski definition) is 7. The average Bonchev–Trinajstić information content (AvgIpc) is 2.79. The molecule has 2 N–H and O–H groups in total. The lowest BCUT2D eigenvalue weighted by Crippen LogP contribution is -2.36. The van der Waals surface area contributed by atoms with E-state index in [1.54, 1.807) is 0 Å². The monoisotopic (exact) mass is 424 g/mol. The van der Waals surface area contributed by atoms with Crippen molar-refractivity contribution in [2.75, 3.05) is 31.6 Å². The molecule has 1 aromatic heterocycles. The van der Waals surface area contributed by atoms with Crippen molar-refractivity contribution in [3.05, 3.63) is 53.0 Å². The summed E-state index contributed by atoms with van der Waals surface area (Å²) in [7, 11) is 0. The molecule has 2 aromatic rings. The Balaban J connectivity index is 1.29. The van der Waals surface area contributed by atoms with E-state index in [4.69, 9.17) is 4.74 Å². The minimum Gasteiger partial charge on any atom is -0.392 e. The lowest BCUT2D eigenvalue weighted by atomic mass is 9.99. The molecule has 1 fully saturated rings. The maximum Gasteiger partial charge on any atom is 0.181 e. The Hall–Kier alpha value is -2.35. The first-order valence-corrected chi connectivity index (χ1v) is 11.3. The number of aliphatic hydroxyl groups is 1. The van der Waals surface area contributed by atoms with Gasteiger partial charge in [0.05, 0.1) is 6.10 Å². The van der Waals surface area contributed by atoms with Crippen LogP contribution in [0.5, 0.6) is 0 Å². The Kier molecular flexibility index (Phi) is 7.27. The van der Waals surface area contributed by atoms with Crippen LogP contribution in [0.3, 0.4) is 0 Å². The molecule has 3 heterocycles. The zero-order chi connectivity index (χ0) is 21.6. The van der Waals surface area contributed by atoms with Crippen molar-refractivity contribution in [1.82, 2.24) is 14.9 Å². The molecule has 1 aromatic carbocycles. The Bertz CT molecular complexity index is 898. The molecule has 166 valence electrons. The standard InChI is InChI=1S/C24H32N4O3/c1-17-23(25-16-26-24(17)27-20-9-12-31-13-10-20)22(30)7-6-21(29)15-28-11-8-18-4-2-3-5-19(18)14-28/h2-5,16,20-21,29H,6-15H2,1H3,(H,25,26,27)/t21-/m0/s1. The quantitative estimate of drug-likeness (QED) is 0.630. The van der Waals surface area contributed by atoms with E-state index in [2.05, 4.69) is 44.5 Å². The molecule has 0 aliphatic carbocycles. The largest absolute Gasteiger partial charge is 0.392 e. The van der Waals surface area contributed by atoms with Crippen molar-refractivity contribution in [3.63, 3.8) is 0 Å². The van der Waals surface area contributed by atoms with Gasteiger partial charge in [0, 0.05) is 50.9 Å². The summed E-state index contributed by atoms with van der Waals surface area (Å²) in [5.41, 5.74) is 3.95. The number of ketones is 1. The highest BCUT2D eigenvalue weighted by Crippen LogP contribution is 2.21. The fraction of sp³-hybridized carbons (Fsp3) is 0.542. The van der Waals surface area contributed by atoms with Gasteiger partial charge in [-0.05, 0) is 43.7 Å². The fourth-order valence-electron chi connectivity index (χ4n) is 4.43. The molecule has 7 heteroatoms. The van der Waals surface area contributed by atoms with Crippen LogP contribution in [0.4, 0.5) is 5.82 Å². The predicted molar refractivity (Wildman–Crippen MR) is 119 cm³/mol. The second-order valence-electron chi connectivity index (χ2n) is 8.60. The van der Waals surface area contributed by atoms with Gasteiger partial charge in [-0.3, -0.25) is 9.69 Å². The van der Waals surface area contributed by atoms with Crippen LogP contribution < -0.4 is 5.32 Å². The van der Waals surface area contributed by atoms with E-state index in [0.717, 1.165) is 56.9 Å². The number of nitrogens with one attached hydrogen (secondary N) is 1. The lowest BCUT2D eigenvalue weighted by Gasteiger charge is -2.30. The third-order valence-corrected chi connectivity index (χ3v) is 6.29. The van der Waals surface area contributed by atoms with Crippen LogP contribution >= 0.6 is 0 Å². The molecular formula is C24H32N4O3. The topological polar surface area (TPSA) is 87.6 Å². The summed E-state index contributed by atoms with van der Waals surface area (Å²) >= 11 is 0. The number of carbonyl (C=O) groups excluding carboxylic acids is 1. The maximum absolute atomic E-state index is 12.8. The van der Waals surface area contributed by atoms with Crippen molar-refractivity contribution in [2.24, 2.45) is 0 Å². The van der Waals surface area contributed by atoms with Crippen LogP contribution in [0, 0.1) is 6.92 Å². The van der Waals surface area contributed by atoms with E-state index in [-0.39, 0.29) is 12.2 Å². The molecule has 1 saturated heterocycles. The molecule has 4 rings (SSSR count). The zero-order valence-corrected chi connectivity index (χ0v) is 18.2. The number of benzene rings is 1. The van der Waals surface area contributed by atoms with Crippen molar-refractivity contribution in [3.8, 4) is 0 Å². The highest BCUT2D eigenvalue weighted by molar-refractivity contribution is 5.96.